The Morgan fingerprint density at radius 3 is 2.63 bits per heavy atom. The Balaban J connectivity index is 1.90. The fraction of sp³-hybridized carbons (Fsp3) is 0.250. The van der Waals surface area contributed by atoms with Crippen LogP contribution < -0.4 is 0 Å². The molecule has 3 heterocycles. The van der Waals surface area contributed by atoms with E-state index in [1.165, 1.54) is 22.5 Å². The summed E-state index contributed by atoms with van der Waals surface area (Å²) in [7, 11) is 0. The number of rotatable bonds is 4. The molecule has 0 N–H and O–H groups in total. The summed E-state index contributed by atoms with van der Waals surface area (Å²) in [6.45, 7) is 2.17. The Labute approximate surface area is 184 Å². The third-order valence-electron chi connectivity index (χ3n) is 5.55. The van der Waals surface area contributed by atoms with Gasteiger partial charge < -0.3 is 9.30 Å². The number of aromatic nitrogens is 2. The zero-order chi connectivity index (χ0) is 20.7. The van der Waals surface area contributed by atoms with Gasteiger partial charge in [-0.3, -0.25) is 0 Å². The monoisotopic (exact) mass is 436 g/mol. The fourth-order valence-electron chi connectivity index (χ4n) is 4.27. The summed E-state index contributed by atoms with van der Waals surface area (Å²) in [5.74, 6) is -0.302. The van der Waals surface area contributed by atoms with Crippen molar-refractivity contribution in [2.75, 3.05) is 6.61 Å². The van der Waals surface area contributed by atoms with Crippen molar-refractivity contribution in [2.24, 2.45) is 0 Å². The molecule has 0 spiro atoms. The molecule has 0 atom stereocenters. The van der Waals surface area contributed by atoms with Gasteiger partial charge in [-0.25, -0.2) is 9.78 Å². The van der Waals surface area contributed by atoms with Crippen LogP contribution in [0.4, 0.5) is 0 Å². The quantitative estimate of drug-likeness (QED) is 0.344. The highest BCUT2D eigenvalue weighted by Crippen LogP contribution is 2.44. The zero-order valence-electron chi connectivity index (χ0n) is 16.7. The van der Waals surface area contributed by atoms with Crippen LogP contribution in [0.1, 0.15) is 40.7 Å². The van der Waals surface area contributed by atoms with Gasteiger partial charge in [-0.2, -0.15) is 0 Å². The van der Waals surface area contributed by atoms with Crippen LogP contribution in [0, 0.1) is 0 Å². The maximum absolute atomic E-state index is 12.9. The molecule has 1 aliphatic rings. The van der Waals surface area contributed by atoms with E-state index in [0.29, 0.717) is 16.5 Å². The molecular weight excluding hydrogens is 416 g/mol. The van der Waals surface area contributed by atoms with Crippen LogP contribution in [0.5, 0.6) is 0 Å². The lowest BCUT2D eigenvalue weighted by atomic mass is 9.87. The second-order valence-electron chi connectivity index (χ2n) is 7.40. The van der Waals surface area contributed by atoms with Crippen LogP contribution in [0.25, 0.3) is 27.0 Å². The molecular formula is C24H21ClN2O2S. The van der Waals surface area contributed by atoms with Gasteiger partial charge in [-0.15, -0.1) is 11.3 Å². The van der Waals surface area contributed by atoms with Crippen molar-refractivity contribution in [3.05, 3.63) is 69.9 Å². The van der Waals surface area contributed by atoms with Crippen molar-refractivity contribution in [3.63, 3.8) is 0 Å². The predicted molar refractivity (Wildman–Crippen MR) is 122 cm³/mol. The summed E-state index contributed by atoms with van der Waals surface area (Å²) in [6.07, 6.45) is 8.19. The Kier molecular flexibility index (Phi) is 5.09. The van der Waals surface area contributed by atoms with Gasteiger partial charge in [-0.05, 0) is 73.6 Å². The van der Waals surface area contributed by atoms with E-state index in [1.807, 2.05) is 48.1 Å². The van der Waals surface area contributed by atoms with E-state index in [1.54, 1.807) is 0 Å². The molecule has 0 fully saturated rings. The minimum Gasteiger partial charge on any atom is -0.462 e. The van der Waals surface area contributed by atoms with Crippen LogP contribution in [0.2, 0.25) is 5.02 Å². The molecule has 152 valence electrons. The van der Waals surface area contributed by atoms with Crippen LogP contribution in [-0.4, -0.2) is 22.1 Å². The first-order chi connectivity index (χ1) is 14.7. The van der Waals surface area contributed by atoms with Crippen LogP contribution in [0.3, 0.4) is 0 Å². The van der Waals surface area contributed by atoms with E-state index >= 15 is 0 Å². The molecule has 5 rings (SSSR count). The molecule has 1 aliphatic carbocycles. The molecule has 4 nitrogen and oxygen atoms in total. The van der Waals surface area contributed by atoms with E-state index in [9.17, 15) is 4.79 Å². The third kappa shape index (κ3) is 3.22. The molecule has 1 aromatic carbocycles. The number of carbonyl (C=O) groups excluding carboxylic acids is 1. The number of aryl methyl sites for hydroxylation is 1. The van der Waals surface area contributed by atoms with Gasteiger partial charge in [0.1, 0.15) is 9.71 Å². The van der Waals surface area contributed by atoms with Gasteiger partial charge in [0, 0.05) is 28.5 Å². The summed E-state index contributed by atoms with van der Waals surface area (Å²) in [4.78, 5) is 19.4. The number of thiophene rings is 1. The van der Waals surface area contributed by atoms with Crippen LogP contribution in [-0.2, 0) is 17.6 Å². The number of nitrogens with zero attached hydrogens (tertiary/aromatic N) is 2. The fourth-order valence-corrected chi connectivity index (χ4v) is 5.49. The minimum atomic E-state index is -0.302. The molecule has 0 aliphatic heterocycles. The number of fused-ring (bicyclic) bond motifs is 2. The van der Waals surface area contributed by atoms with Gasteiger partial charge in [0.05, 0.1) is 12.3 Å². The van der Waals surface area contributed by atoms with Gasteiger partial charge in [0.15, 0.2) is 0 Å². The van der Waals surface area contributed by atoms with Crippen molar-refractivity contribution in [1.82, 2.24) is 9.55 Å². The zero-order valence-corrected chi connectivity index (χ0v) is 18.2. The number of halogens is 1. The lowest BCUT2D eigenvalue weighted by molar-refractivity contribution is 0.0532. The summed E-state index contributed by atoms with van der Waals surface area (Å²) >= 11 is 7.60. The number of carbonyl (C=O) groups is 1. The standard InChI is InChI=1S/C24H21ClN2O2S/c1-2-29-24(28)22-21(27-13-5-6-14-27)20-19(15-9-11-16(25)12-10-15)17-7-3-4-8-18(17)26-23(20)30-22/h5-6,9-14H,2-4,7-8H2,1H3. The van der Waals surface area contributed by atoms with Crippen molar-refractivity contribution in [2.45, 2.75) is 32.6 Å². The summed E-state index contributed by atoms with van der Waals surface area (Å²) in [5, 5.41) is 1.73. The topological polar surface area (TPSA) is 44.1 Å². The second kappa shape index (κ2) is 7.89. The molecule has 0 saturated carbocycles. The molecule has 0 radical (unpaired) electrons. The molecule has 6 heteroatoms. The van der Waals surface area contributed by atoms with E-state index in [-0.39, 0.29) is 5.97 Å². The molecule has 30 heavy (non-hydrogen) atoms. The van der Waals surface area contributed by atoms with Crippen LogP contribution in [0.15, 0.2) is 48.8 Å². The Hall–Kier alpha value is -2.63. The highest BCUT2D eigenvalue weighted by atomic mass is 35.5. The van der Waals surface area contributed by atoms with E-state index in [0.717, 1.165) is 52.8 Å². The first-order valence-electron chi connectivity index (χ1n) is 10.2. The Morgan fingerprint density at radius 2 is 1.90 bits per heavy atom. The molecule has 0 amide bonds. The maximum Gasteiger partial charge on any atom is 0.350 e. The minimum absolute atomic E-state index is 0.302. The van der Waals surface area contributed by atoms with Gasteiger partial charge in [-0.1, -0.05) is 23.7 Å². The molecule has 0 bridgehead atoms. The van der Waals surface area contributed by atoms with Gasteiger partial charge in [0.25, 0.3) is 0 Å². The maximum atomic E-state index is 12.9. The van der Waals surface area contributed by atoms with Crippen LogP contribution >= 0.6 is 22.9 Å². The molecule has 0 unspecified atom stereocenters. The summed E-state index contributed by atoms with van der Waals surface area (Å²) in [6, 6.07) is 11.9. The van der Waals surface area contributed by atoms with E-state index in [4.69, 9.17) is 21.3 Å². The number of esters is 1. The smallest absolute Gasteiger partial charge is 0.350 e. The van der Waals surface area contributed by atoms with Crippen molar-refractivity contribution in [1.29, 1.82) is 0 Å². The lowest BCUT2D eigenvalue weighted by Crippen LogP contribution is -2.09. The first kappa shape index (κ1) is 19.3. The average Bonchev–Trinajstić information content (AvgIpc) is 3.40. The number of pyridine rings is 1. The highest BCUT2D eigenvalue weighted by molar-refractivity contribution is 7.21. The molecule has 4 aromatic rings. The number of benzene rings is 1. The average molecular weight is 437 g/mol. The van der Waals surface area contributed by atoms with Gasteiger partial charge >= 0.3 is 5.97 Å². The van der Waals surface area contributed by atoms with E-state index in [2.05, 4.69) is 12.1 Å². The molecule has 0 saturated heterocycles. The van der Waals surface area contributed by atoms with Crippen molar-refractivity contribution in [3.8, 4) is 16.8 Å². The van der Waals surface area contributed by atoms with Gasteiger partial charge in [0.2, 0.25) is 0 Å². The number of hydrogen-bond donors (Lipinski definition) is 0. The molecule has 3 aromatic heterocycles. The number of hydrogen-bond acceptors (Lipinski definition) is 4. The normalized spacial score (nSPS) is 13.4. The Morgan fingerprint density at radius 1 is 1.17 bits per heavy atom. The van der Waals surface area contributed by atoms with Crippen molar-refractivity contribution < 1.29 is 9.53 Å². The summed E-state index contributed by atoms with van der Waals surface area (Å²) < 4.78 is 7.40. The Bertz CT molecular complexity index is 1230. The SMILES string of the molecule is CCOC(=O)c1sc2nc3c(c(-c4ccc(Cl)cc4)c2c1-n1cccc1)CCCC3. The third-order valence-corrected chi connectivity index (χ3v) is 6.85. The predicted octanol–water partition coefficient (Wildman–Crippen LogP) is 6.46. The van der Waals surface area contributed by atoms with Crippen molar-refractivity contribution >= 4 is 39.1 Å². The highest BCUT2D eigenvalue weighted by Gasteiger charge is 2.28. The summed E-state index contributed by atoms with van der Waals surface area (Å²) in [5.41, 5.74) is 5.56. The number of ether oxygens (including phenoxy) is 1. The second-order valence-corrected chi connectivity index (χ2v) is 8.83. The van der Waals surface area contributed by atoms with E-state index < -0.39 is 0 Å². The first-order valence-corrected chi connectivity index (χ1v) is 11.4. The largest absolute Gasteiger partial charge is 0.462 e. The lowest BCUT2D eigenvalue weighted by Gasteiger charge is -2.20.